The molecule has 0 aliphatic rings. The Morgan fingerprint density at radius 3 is 1.84 bits per heavy atom. The molecule has 0 bridgehead atoms. The van der Waals surface area contributed by atoms with E-state index < -0.39 is 50.4 Å². The third kappa shape index (κ3) is 14.3. The summed E-state index contributed by atoms with van der Waals surface area (Å²) in [4.78, 5) is 45.2. The molecule has 0 spiro atoms. The molecule has 0 saturated carbocycles. The number of hydrogen-bond acceptors (Lipinski definition) is 11. The molecule has 0 saturated heterocycles. The van der Waals surface area contributed by atoms with Crippen LogP contribution in [0.3, 0.4) is 0 Å². The lowest BCUT2D eigenvalue weighted by Crippen LogP contribution is -2.43. The Morgan fingerprint density at radius 1 is 0.886 bits per heavy atom. The van der Waals surface area contributed by atoms with E-state index in [1.165, 1.54) is 17.1 Å². The van der Waals surface area contributed by atoms with Gasteiger partial charge >= 0.3 is 12.2 Å². The lowest BCUT2D eigenvalue weighted by molar-refractivity contribution is -0.638. The number of carbonyl (C=O) groups excluding carboxylic acids is 2. The zero-order valence-electron chi connectivity index (χ0n) is 24.5. The third-order valence-electron chi connectivity index (χ3n) is 4.33. The average Bonchev–Trinajstić information content (AvgIpc) is 2.86. The van der Waals surface area contributed by atoms with Gasteiger partial charge in [0.25, 0.3) is 11.4 Å². The van der Waals surface area contributed by atoms with Crippen molar-refractivity contribution >= 4 is 58.1 Å². The van der Waals surface area contributed by atoms with E-state index >= 15 is 0 Å². The van der Waals surface area contributed by atoms with Crippen molar-refractivity contribution in [1.29, 1.82) is 0 Å². The van der Waals surface area contributed by atoms with Gasteiger partial charge in [-0.05, 0) is 53.4 Å². The van der Waals surface area contributed by atoms with E-state index in [1.807, 2.05) is 0 Å². The van der Waals surface area contributed by atoms with Gasteiger partial charge in [-0.15, -0.1) is 0 Å². The molecule has 0 unspecified atom stereocenters. The number of halogens is 2. The van der Waals surface area contributed by atoms with Gasteiger partial charge in [0.1, 0.15) is 16.2 Å². The van der Waals surface area contributed by atoms with Crippen molar-refractivity contribution in [1.82, 2.24) is 4.98 Å². The van der Waals surface area contributed by atoms with Crippen molar-refractivity contribution < 1.29 is 38.7 Å². The van der Waals surface area contributed by atoms with Crippen LogP contribution in [0.25, 0.3) is 0 Å². The standard InChI is InChI=1S/C10H14ClN3O2.C10H13ClN2O2.C6H4N2O5/c1-10(2,3)16-9(15)13-8-4-5-14(12)6-7(8)11;1-10(2,3)15-9(14)13-8-4-5-12-6-7(8)11;9-6-2-1-4(7(10)11)3-5(6)8(12)13/h4-6H,12H2,1-3H3;4-6H,1-3H3,(H,12,13,14);1-3,9H. The fourth-order valence-electron chi connectivity index (χ4n) is 2.65. The summed E-state index contributed by atoms with van der Waals surface area (Å²) in [7, 11) is 0. The Kier molecular flexibility index (Phi) is 13.5. The van der Waals surface area contributed by atoms with Crippen LogP contribution in [0.1, 0.15) is 41.5 Å². The molecule has 0 fully saturated rings. The predicted octanol–water partition coefficient (Wildman–Crippen LogP) is 5.35. The molecule has 18 heteroatoms. The number of pyridine rings is 2. The fraction of sp³-hybridized carbons (Fsp3) is 0.308. The predicted molar refractivity (Wildman–Crippen MR) is 160 cm³/mol. The number of nitrogen functional groups attached to an aromatic ring is 1. The summed E-state index contributed by atoms with van der Waals surface area (Å²) in [5, 5.41) is 36.9. The summed E-state index contributed by atoms with van der Waals surface area (Å²) in [5.74, 6) is 4.61. The molecular weight excluding hydrogens is 625 g/mol. The number of hydrogen-bond donors (Lipinski definition) is 3. The molecule has 0 radical (unpaired) electrons. The van der Waals surface area contributed by atoms with Crippen LogP contribution in [0.5, 0.6) is 5.75 Å². The van der Waals surface area contributed by atoms with E-state index in [4.69, 9.17) is 38.5 Å². The number of aromatic nitrogens is 2. The lowest BCUT2D eigenvalue weighted by atomic mass is 10.2. The van der Waals surface area contributed by atoms with Gasteiger partial charge in [0.15, 0.2) is 0 Å². The first-order valence-corrected chi connectivity index (χ1v) is 13.1. The first-order valence-electron chi connectivity index (χ1n) is 12.3. The Morgan fingerprint density at radius 2 is 1.41 bits per heavy atom. The van der Waals surface area contributed by atoms with Crippen LogP contribution in [0, 0.1) is 20.2 Å². The maximum Gasteiger partial charge on any atom is 0.412 e. The minimum Gasteiger partial charge on any atom is -0.868 e. The second kappa shape index (κ2) is 16.0. The molecule has 0 atom stereocenters. The number of ether oxygens (including phenoxy) is 2. The summed E-state index contributed by atoms with van der Waals surface area (Å²) in [5.41, 5.74) is -1.37. The Balaban J connectivity index is 0.000000332. The number of nitrogens with one attached hydrogen (secondary N) is 2. The second-order valence-electron chi connectivity index (χ2n) is 10.4. The molecule has 0 aliphatic heterocycles. The summed E-state index contributed by atoms with van der Waals surface area (Å²) >= 11 is 11.7. The van der Waals surface area contributed by atoms with Crippen LogP contribution < -0.4 is 26.3 Å². The third-order valence-corrected chi connectivity index (χ3v) is 4.93. The molecule has 238 valence electrons. The maximum atomic E-state index is 11.4. The number of rotatable bonds is 4. The monoisotopic (exact) mass is 655 g/mol. The highest BCUT2D eigenvalue weighted by atomic mass is 35.5. The molecule has 16 nitrogen and oxygen atoms in total. The molecular formula is C26H31Cl2N7O9. The number of anilines is 2. The summed E-state index contributed by atoms with van der Waals surface area (Å²) in [6.45, 7) is 10.7. The Bertz CT molecular complexity index is 1490. The van der Waals surface area contributed by atoms with E-state index in [0.717, 1.165) is 12.1 Å². The van der Waals surface area contributed by atoms with Crippen molar-refractivity contribution in [3.8, 4) is 5.75 Å². The lowest BCUT2D eigenvalue weighted by Gasteiger charge is -2.19. The average molecular weight is 656 g/mol. The van der Waals surface area contributed by atoms with Gasteiger partial charge in [0.2, 0.25) is 12.4 Å². The van der Waals surface area contributed by atoms with Crippen LogP contribution in [-0.4, -0.2) is 38.2 Å². The van der Waals surface area contributed by atoms with Crippen molar-refractivity contribution in [2.75, 3.05) is 16.5 Å². The zero-order chi connectivity index (χ0) is 33.8. The molecule has 3 aromatic rings. The summed E-state index contributed by atoms with van der Waals surface area (Å²) in [6.07, 6.45) is 4.96. The van der Waals surface area contributed by atoms with Crippen molar-refractivity contribution in [2.24, 2.45) is 0 Å². The number of amides is 2. The van der Waals surface area contributed by atoms with Crippen LogP contribution in [0.15, 0.2) is 55.1 Å². The Labute approximate surface area is 262 Å². The first kappa shape index (κ1) is 37.1. The molecule has 3 rings (SSSR count). The number of nitrogens with two attached hydrogens (primary N) is 1. The molecule has 0 aliphatic carbocycles. The van der Waals surface area contributed by atoms with Gasteiger partial charge in [-0.3, -0.25) is 35.8 Å². The molecule has 2 heterocycles. The Hall–Kier alpha value is -4.96. The maximum absolute atomic E-state index is 11.4. The molecule has 44 heavy (non-hydrogen) atoms. The SMILES string of the molecule is CC(C)(C)OC(=O)Nc1cc[n+](N)cc1Cl.CC(C)(C)OC(=O)Nc1ccncc1Cl.O=[N+]([O-])c1ccc([O-])c([N+](=O)[O-])c1. The minimum absolute atomic E-state index is 0.343. The number of non-ortho nitro benzene ring substituents is 1. The molecule has 4 N–H and O–H groups in total. The van der Waals surface area contributed by atoms with E-state index in [0.29, 0.717) is 27.5 Å². The van der Waals surface area contributed by atoms with E-state index in [-0.39, 0.29) is 0 Å². The second-order valence-corrected chi connectivity index (χ2v) is 11.2. The first-order chi connectivity index (χ1) is 20.2. The van der Waals surface area contributed by atoms with Gasteiger partial charge < -0.3 is 14.6 Å². The smallest absolute Gasteiger partial charge is 0.412 e. The molecule has 1 aromatic carbocycles. The fourth-order valence-corrected chi connectivity index (χ4v) is 3.04. The number of nitrogens with zero attached hydrogens (tertiary/aromatic N) is 4. The quantitative estimate of drug-likeness (QED) is 0.140. The highest BCUT2D eigenvalue weighted by Crippen LogP contribution is 2.27. The molecule has 2 aromatic heterocycles. The number of nitro groups is 2. The van der Waals surface area contributed by atoms with Gasteiger partial charge in [-0.2, -0.15) is 0 Å². The minimum atomic E-state index is -0.949. The highest BCUT2D eigenvalue weighted by molar-refractivity contribution is 6.33. The summed E-state index contributed by atoms with van der Waals surface area (Å²) in [6, 6.07) is 5.56. The van der Waals surface area contributed by atoms with Crippen LogP contribution in [0.2, 0.25) is 10.0 Å². The van der Waals surface area contributed by atoms with Gasteiger partial charge in [-0.25, -0.2) is 15.4 Å². The van der Waals surface area contributed by atoms with Crippen LogP contribution in [-0.2, 0) is 9.47 Å². The van der Waals surface area contributed by atoms with Gasteiger partial charge in [0, 0.05) is 24.5 Å². The van der Waals surface area contributed by atoms with E-state index in [1.54, 1.807) is 66.1 Å². The highest BCUT2D eigenvalue weighted by Gasteiger charge is 2.18. The number of benzene rings is 1. The molecule has 2 amide bonds. The zero-order valence-corrected chi connectivity index (χ0v) is 26.0. The van der Waals surface area contributed by atoms with Crippen LogP contribution in [0.4, 0.5) is 32.3 Å². The van der Waals surface area contributed by atoms with Crippen molar-refractivity contribution in [2.45, 2.75) is 52.7 Å². The van der Waals surface area contributed by atoms with E-state index in [9.17, 15) is 34.9 Å². The van der Waals surface area contributed by atoms with Crippen LogP contribution >= 0.6 is 23.2 Å². The number of carbonyl (C=O) groups is 2. The topological polar surface area (TPSA) is 229 Å². The van der Waals surface area contributed by atoms with Crippen molar-refractivity contribution in [3.05, 3.63) is 85.4 Å². The number of nitro benzene ring substituents is 2. The summed E-state index contributed by atoms with van der Waals surface area (Å²) < 4.78 is 11.4. The largest absolute Gasteiger partial charge is 0.868 e. The van der Waals surface area contributed by atoms with E-state index in [2.05, 4.69) is 15.6 Å². The normalized spacial score (nSPS) is 10.5. The van der Waals surface area contributed by atoms with Gasteiger partial charge in [0.05, 0.1) is 32.3 Å². The van der Waals surface area contributed by atoms with Crippen molar-refractivity contribution in [3.63, 3.8) is 0 Å². The van der Waals surface area contributed by atoms with Gasteiger partial charge in [-0.1, -0.05) is 33.9 Å².